The molecule has 0 aromatic heterocycles. The molecule has 0 aliphatic carbocycles. The van der Waals surface area contributed by atoms with E-state index in [0.29, 0.717) is 0 Å². The second kappa shape index (κ2) is 7.60. The van der Waals surface area contributed by atoms with E-state index in [1.807, 2.05) is 18.2 Å². The molecule has 0 spiro atoms. The lowest BCUT2D eigenvalue weighted by molar-refractivity contribution is 0.195. The molecule has 3 N–H and O–H groups in total. The van der Waals surface area contributed by atoms with Gasteiger partial charge in [-0.2, -0.15) is 0 Å². The van der Waals surface area contributed by atoms with Crippen molar-refractivity contribution in [3.8, 4) is 0 Å². The van der Waals surface area contributed by atoms with Crippen molar-refractivity contribution in [2.45, 2.75) is 12.5 Å². The maximum Gasteiger partial charge on any atom is 0.0558 e. The van der Waals surface area contributed by atoms with Gasteiger partial charge in [0.2, 0.25) is 0 Å². The summed E-state index contributed by atoms with van der Waals surface area (Å²) < 4.78 is 0. The minimum atomic E-state index is 0.0885. The lowest BCUT2D eigenvalue weighted by Crippen LogP contribution is -2.36. The Labute approximate surface area is 115 Å². The van der Waals surface area contributed by atoms with Crippen LogP contribution in [0.25, 0.3) is 0 Å². The van der Waals surface area contributed by atoms with Crippen molar-refractivity contribution in [3.05, 3.63) is 35.9 Å². The number of β-amino-alcohol motifs (C(OH)–C–C–N with tert-alkyl or cyclic N) is 1. The maximum absolute atomic E-state index is 9.00. The van der Waals surface area contributed by atoms with Crippen LogP contribution in [-0.2, 0) is 0 Å². The fourth-order valence-electron chi connectivity index (χ4n) is 2.66. The van der Waals surface area contributed by atoms with Gasteiger partial charge in [0.05, 0.1) is 6.61 Å². The molecule has 2 rings (SSSR count). The average Bonchev–Trinajstić information content (AvgIpc) is 2.66. The molecule has 0 saturated carbocycles. The Kier molecular flexibility index (Phi) is 5.79. The number of benzene rings is 1. The van der Waals surface area contributed by atoms with Crippen molar-refractivity contribution < 1.29 is 5.11 Å². The molecule has 1 heterocycles. The van der Waals surface area contributed by atoms with Gasteiger partial charge in [-0.3, -0.25) is 4.90 Å². The van der Waals surface area contributed by atoms with Crippen molar-refractivity contribution in [1.29, 1.82) is 0 Å². The van der Waals surface area contributed by atoms with Gasteiger partial charge in [-0.15, -0.1) is 0 Å². The van der Waals surface area contributed by atoms with Crippen LogP contribution in [0.3, 0.4) is 0 Å². The Morgan fingerprint density at radius 1 is 1.05 bits per heavy atom. The van der Waals surface area contributed by atoms with Gasteiger partial charge in [0.25, 0.3) is 0 Å². The summed E-state index contributed by atoms with van der Waals surface area (Å²) in [5.41, 5.74) is 7.48. The molecule has 1 aliphatic rings. The summed E-state index contributed by atoms with van der Waals surface area (Å²) in [6.07, 6.45) is 1.15. The van der Waals surface area contributed by atoms with Crippen molar-refractivity contribution in [3.63, 3.8) is 0 Å². The van der Waals surface area contributed by atoms with Crippen LogP contribution in [0.5, 0.6) is 0 Å². The van der Waals surface area contributed by atoms with Crippen LogP contribution < -0.4 is 5.73 Å². The number of rotatable bonds is 5. The third kappa shape index (κ3) is 4.58. The zero-order valence-electron chi connectivity index (χ0n) is 11.5. The normalized spacial score (nSPS) is 20.1. The molecule has 1 saturated heterocycles. The highest BCUT2D eigenvalue weighted by Gasteiger charge is 2.17. The van der Waals surface area contributed by atoms with E-state index in [9.17, 15) is 0 Å². The molecular weight excluding hydrogens is 238 g/mol. The second-order valence-corrected chi connectivity index (χ2v) is 5.24. The van der Waals surface area contributed by atoms with Gasteiger partial charge >= 0.3 is 0 Å². The van der Waals surface area contributed by atoms with E-state index < -0.39 is 0 Å². The van der Waals surface area contributed by atoms with Gasteiger partial charge in [-0.1, -0.05) is 30.3 Å². The molecule has 1 fully saturated rings. The lowest BCUT2D eigenvalue weighted by atomic mass is 10.1. The van der Waals surface area contributed by atoms with Gasteiger partial charge in [0.15, 0.2) is 0 Å². The van der Waals surface area contributed by atoms with Gasteiger partial charge in [0.1, 0.15) is 0 Å². The minimum absolute atomic E-state index is 0.0885. The van der Waals surface area contributed by atoms with E-state index >= 15 is 0 Å². The fraction of sp³-hybridized carbons (Fsp3) is 0.600. The summed E-state index contributed by atoms with van der Waals surface area (Å²) in [6.45, 7) is 6.21. The first-order valence-electron chi connectivity index (χ1n) is 7.15. The number of hydrogen-bond acceptors (Lipinski definition) is 4. The highest BCUT2D eigenvalue weighted by Crippen LogP contribution is 2.12. The third-order valence-electron chi connectivity index (χ3n) is 3.78. The first-order valence-corrected chi connectivity index (χ1v) is 7.15. The van der Waals surface area contributed by atoms with Crippen molar-refractivity contribution in [2.24, 2.45) is 5.73 Å². The molecule has 0 amide bonds. The van der Waals surface area contributed by atoms with E-state index in [0.717, 1.165) is 45.7 Å². The van der Waals surface area contributed by atoms with Gasteiger partial charge in [-0.05, 0) is 25.1 Å². The summed E-state index contributed by atoms with van der Waals surface area (Å²) in [5.74, 6) is 0. The van der Waals surface area contributed by atoms with Gasteiger partial charge in [-0.25, -0.2) is 0 Å². The van der Waals surface area contributed by atoms with Crippen LogP contribution in [0.15, 0.2) is 30.3 Å². The van der Waals surface area contributed by atoms with Crippen LogP contribution in [0, 0.1) is 0 Å². The molecule has 4 heteroatoms. The lowest BCUT2D eigenvalue weighted by Gasteiger charge is -2.24. The summed E-state index contributed by atoms with van der Waals surface area (Å²) in [5, 5.41) is 9.00. The largest absolute Gasteiger partial charge is 0.395 e. The molecule has 1 aliphatic heterocycles. The van der Waals surface area contributed by atoms with Crippen molar-refractivity contribution in [2.75, 3.05) is 45.9 Å². The minimum Gasteiger partial charge on any atom is -0.395 e. The highest BCUT2D eigenvalue weighted by molar-refractivity contribution is 5.18. The highest BCUT2D eigenvalue weighted by atomic mass is 16.3. The first kappa shape index (κ1) is 14.5. The molecule has 0 bridgehead atoms. The topological polar surface area (TPSA) is 52.7 Å². The standard InChI is InChI=1S/C15H25N3O/c16-15(14-5-2-1-3-6-14)13-18-8-4-7-17(9-10-18)11-12-19/h1-3,5-6,15,19H,4,7-13,16H2. The predicted octanol–water partition coefficient (Wildman–Crippen LogP) is 0.686. The first-order chi connectivity index (χ1) is 9.29. The zero-order chi connectivity index (χ0) is 13.5. The maximum atomic E-state index is 9.00. The van der Waals surface area contributed by atoms with Crippen molar-refractivity contribution >= 4 is 0 Å². The Balaban J connectivity index is 1.83. The Hall–Kier alpha value is -0.940. The number of nitrogens with zero attached hydrogens (tertiary/aromatic N) is 2. The number of aliphatic hydroxyl groups is 1. The van der Waals surface area contributed by atoms with E-state index in [4.69, 9.17) is 10.8 Å². The second-order valence-electron chi connectivity index (χ2n) is 5.24. The fourth-order valence-corrected chi connectivity index (χ4v) is 2.66. The number of nitrogens with two attached hydrogens (primary N) is 1. The number of hydrogen-bond donors (Lipinski definition) is 2. The molecule has 1 aromatic carbocycles. The summed E-state index contributed by atoms with van der Waals surface area (Å²) in [4.78, 5) is 4.77. The molecule has 1 atom stereocenters. The van der Waals surface area contributed by atoms with Crippen molar-refractivity contribution in [1.82, 2.24) is 9.80 Å². The van der Waals surface area contributed by atoms with E-state index in [-0.39, 0.29) is 12.6 Å². The molecule has 19 heavy (non-hydrogen) atoms. The summed E-state index contributed by atoms with van der Waals surface area (Å²) >= 11 is 0. The number of aliphatic hydroxyl groups excluding tert-OH is 1. The zero-order valence-corrected chi connectivity index (χ0v) is 11.5. The van der Waals surface area contributed by atoms with Crippen LogP contribution in [-0.4, -0.2) is 60.8 Å². The average molecular weight is 263 g/mol. The monoisotopic (exact) mass is 263 g/mol. The van der Waals surface area contributed by atoms with Gasteiger partial charge in [0, 0.05) is 32.2 Å². The molecular formula is C15H25N3O. The van der Waals surface area contributed by atoms with E-state index in [1.165, 1.54) is 5.56 Å². The van der Waals surface area contributed by atoms with Crippen LogP contribution >= 0.6 is 0 Å². The Morgan fingerprint density at radius 2 is 1.74 bits per heavy atom. The van der Waals surface area contributed by atoms with Crippen LogP contribution in [0.2, 0.25) is 0 Å². The quantitative estimate of drug-likeness (QED) is 0.820. The van der Waals surface area contributed by atoms with E-state index in [2.05, 4.69) is 21.9 Å². The smallest absolute Gasteiger partial charge is 0.0558 e. The Morgan fingerprint density at radius 3 is 2.47 bits per heavy atom. The molecule has 4 nitrogen and oxygen atoms in total. The molecule has 106 valence electrons. The van der Waals surface area contributed by atoms with E-state index in [1.54, 1.807) is 0 Å². The SMILES string of the molecule is NC(CN1CCCN(CCO)CC1)c1ccccc1. The third-order valence-corrected chi connectivity index (χ3v) is 3.78. The molecule has 1 unspecified atom stereocenters. The molecule has 0 radical (unpaired) electrons. The predicted molar refractivity (Wildman–Crippen MR) is 78.0 cm³/mol. The molecule has 1 aromatic rings. The van der Waals surface area contributed by atoms with Crippen LogP contribution in [0.4, 0.5) is 0 Å². The summed E-state index contributed by atoms with van der Waals surface area (Å²) in [7, 11) is 0. The van der Waals surface area contributed by atoms with Crippen LogP contribution in [0.1, 0.15) is 18.0 Å². The Bertz CT molecular complexity index is 358. The summed E-state index contributed by atoms with van der Waals surface area (Å²) in [6, 6.07) is 10.4. The van der Waals surface area contributed by atoms with Gasteiger partial charge < -0.3 is 15.7 Å².